The fourth-order valence-electron chi connectivity index (χ4n) is 2.37. The number of benzene rings is 1. The molecule has 0 unspecified atom stereocenters. The van der Waals surface area contributed by atoms with Crippen molar-refractivity contribution in [2.45, 2.75) is 6.42 Å². The van der Waals surface area contributed by atoms with Gasteiger partial charge in [0.05, 0.1) is 12.0 Å². The molecule has 0 radical (unpaired) electrons. The highest BCUT2D eigenvalue weighted by atomic mass is 35.5. The molecule has 2 heterocycles. The molecule has 0 atom stereocenters. The van der Waals surface area contributed by atoms with E-state index >= 15 is 0 Å². The van der Waals surface area contributed by atoms with Gasteiger partial charge in [0.25, 0.3) is 11.8 Å². The molecule has 1 aromatic heterocycles. The molecule has 12 heteroatoms. The number of likely N-dealkylation sites (N-methyl/N-ethyl adjacent to an activating group) is 1. The zero-order chi connectivity index (χ0) is 21.7. The van der Waals surface area contributed by atoms with Gasteiger partial charge in [-0.15, -0.1) is 21.8 Å². The second kappa shape index (κ2) is 10.2. The molecule has 0 bridgehead atoms. The molecule has 1 fully saturated rings. The van der Waals surface area contributed by atoms with Crippen molar-refractivity contribution >= 4 is 74.3 Å². The van der Waals surface area contributed by atoms with Crippen LogP contribution < -0.4 is 14.8 Å². The molecule has 1 N–H and O–H groups in total. The summed E-state index contributed by atoms with van der Waals surface area (Å²) >= 11 is 13.3. The van der Waals surface area contributed by atoms with Gasteiger partial charge in [0, 0.05) is 19.3 Å². The topological polar surface area (TPSA) is 93.6 Å². The number of carbonyl (C=O) groups excluding carboxylic acids is 2. The lowest BCUT2D eigenvalue weighted by Gasteiger charge is -2.11. The number of nitrogens with one attached hydrogen (secondary N) is 1. The van der Waals surface area contributed by atoms with Gasteiger partial charge in [0.15, 0.2) is 18.1 Å². The monoisotopic (exact) mass is 484 g/mol. The second-order valence-electron chi connectivity index (χ2n) is 5.93. The third kappa shape index (κ3) is 5.48. The van der Waals surface area contributed by atoms with E-state index in [2.05, 4.69) is 15.5 Å². The number of rotatable bonds is 8. The van der Waals surface area contributed by atoms with Gasteiger partial charge in [-0.3, -0.25) is 19.8 Å². The van der Waals surface area contributed by atoms with E-state index in [0.717, 1.165) is 10.6 Å². The molecule has 0 saturated carbocycles. The van der Waals surface area contributed by atoms with Gasteiger partial charge in [0.2, 0.25) is 5.13 Å². The summed E-state index contributed by atoms with van der Waals surface area (Å²) in [6, 6.07) is 5.16. The van der Waals surface area contributed by atoms with E-state index in [4.69, 9.17) is 33.3 Å². The smallest absolute Gasteiger partial charge is 0.265 e. The number of aromatic nitrogens is 2. The van der Waals surface area contributed by atoms with Crippen LogP contribution >= 0.6 is 46.9 Å². The van der Waals surface area contributed by atoms with Crippen molar-refractivity contribution in [3.63, 3.8) is 0 Å². The van der Waals surface area contributed by atoms with Gasteiger partial charge in [-0.1, -0.05) is 41.4 Å². The van der Waals surface area contributed by atoms with Gasteiger partial charge in [0.1, 0.15) is 9.33 Å². The largest absolute Gasteiger partial charge is 0.493 e. The lowest BCUT2D eigenvalue weighted by molar-refractivity contribution is -0.121. The SMILES string of the molecule is COc1cc(/C=C2\SC(=S)N(C)C2=O)ccc1OCC(=O)Nc1nnc(CCCl)s1. The molecule has 8 nitrogen and oxygen atoms in total. The van der Waals surface area contributed by atoms with E-state index in [1.807, 2.05) is 0 Å². The number of methoxy groups -OCH3 is 1. The van der Waals surface area contributed by atoms with E-state index in [-0.39, 0.29) is 18.4 Å². The van der Waals surface area contributed by atoms with E-state index in [9.17, 15) is 9.59 Å². The van der Waals surface area contributed by atoms with Gasteiger partial charge in [-0.25, -0.2) is 0 Å². The standard InChI is InChI=1S/C18H17ClN4O4S3/c1-23-16(25)13(29-18(23)28)8-10-3-4-11(12(7-10)26-2)27-9-14(24)20-17-22-21-15(30-17)5-6-19/h3-4,7-8H,5-6,9H2,1-2H3,(H,20,22,24)/b13-8-. The molecular weight excluding hydrogens is 468 g/mol. The van der Waals surface area contributed by atoms with Gasteiger partial charge < -0.3 is 9.47 Å². The summed E-state index contributed by atoms with van der Waals surface area (Å²) in [6.45, 7) is -0.228. The van der Waals surface area contributed by atoms with Crippen molar-refractivity contribution in [1.82, 2.24) is 15.1 Å². The number of alkyl halides is 1. The lowest BCUT2D eigenvalue weighted by atomic mass is 10.2. The molecule has 1 aromatic carbocycles. The first-order valence-corrected chi connectivity index (χ1v) is 11.2. The molecule has 0 aliphatic carbocycles. The summed E-state index contributed by atoms with van der Waals surface area (Å²) in [6.07, 6.45) is 2.33. The van der Waals surface area contributed by atoms with Crippen LogP contribution in [0.25, 0.3) is 6.08 Å². The Kier molecular flexibility index (Phi) is 7.64. The van der Waals surface area contributed by atoms with Gasteiger partial charge >= 0.3 is 0 Å². The van der Waals surface area contributed by atoms with Crippen molar-refractivity contribution in [1.29, 1.82) is 0 Å². The summed E-state index contributed by atoms with van der Waals surface area (Å²) in [5.41, 5.74) is 0.748. The van der Waals surface area contributed by atoms with E-state index in [1.165, 1.54) is 35.1 Å². The summed E-state index contributed by atoms with van der Waals surface area (Å²) in [4.78, 5) is 26.2. The number of hydrogen-bond acceptors (Lipinski definition) is 9. The summed E-state index contributed by atoms with van der Waals surface area (Å²) in [5.74, 6) is 0.749. The number of hydrogen-bond donors (Lipinski definition) is 1. The average Bonchev–Trinajstić information content (AvgIpc) is 3.26. The van der Waals surface area contributed by atoms with Crippen LogP contribution in [0.2, 0.25) is 0 Å². The maximum Gasteiger partial charge on any atom is 0.265 e. The summed E-state index contributed by atoms with van der Waals surface area (Å²) in [7, 11) is 3.14. The number of thioether (sulfide) groups is 1. The van der Waals surface area contributed by atoms with Gasteiger partial charge in [-0.05, 0) is 23.8 Å². The minimum Gasteiger partial charge on any atom is -0.493 e. The van der Waals surface area contributed by atoms with Crippen molar-refractivity contribution in [3.8, 4) is 11.5 Å². The van der Waals surface area contributed by atoms with E-state index in [0.29, 0.717) is 38.2 Å². The first-order chi connectivity index (χ1) is 14.4. The molecule has 0 spiro atoms. The highest BCUT2D eigenvalue weighted by Gasteiger charge is 2.28. The predicted molar refractivity (Wildman–Crippen MR) is 122 cm³/mol. The Bertz CT molecular complexity index is 1010. The Morgan fingerprint density at radius 2 is 2.17 bits per heavy atom. The minimum absolute atomic E-state index is 0.146. The highest BCUT2D eigenvalue weighted by molar-refractivity contribution is 8.26. The fraction of sp³-hybridized carbons (Fsp3) is 0.278. The number of halogens is 1. The number of thiocarbonyl (C=S) groups is 1. The third-order valence-electron chi connectivity index (χ3n) is 3.85. The minimum atomic E-state index is -0.374. The number of nitrogens with zero attached hydrogens (tertiary/aromatic N) is 3. The maximum atomic E-state index is 12.1. The Morgan fingerprint density at radius 1 is 1.37 bits per heavy atom. The molecule has 30 heavy (non-hydrogen) atoms. The molecule has 3 rings (SSSR count). The highest BCUT2D eigenvalue weighted by Crippen LogP contribution is 2.34. The quantitative estimate of drug-likeness (QED) is 0.347. The zero-order valence-corrected chi connectivity index (χ0v) is 19.2. The Balaban J connectivity index is 1.63. The van der Waals surface area contributed by atoms with E-state index in [1.54, 1.807) is 31.3 Å². The van der Waals surface area contributed by atoms with Crippen LogP contribution in [-0.4, -0.2) is 57.9 Å². The van der Waals surface area contributed by atoms with Crippen molar-refractivity contribution < 1.29 is 19.1 Å². The number of amides is 2. The molecule has 158 valence electrons. The number of carbonyl (C=O) groups is 2. The van der Waals surface area contributed by atoms with Crippen molar-refractivity contribution in [2.24, 2.45) is 0 Å². The van der Waals surface area contributed by atoms with E-state index < -0.39 is 0 Å². The number of anilines is 1. The zero-order valence-electron chi connectivity index (χ0n) is 16.0. The molecular formula is C18H17ClN4O4S3. The lowest BCUT2D eigenvalue weighted by Crippen LogP contribution is -2.22. The van der Waals surface area contributed by atoms with Crippen LogP contribution in [0, 0.1) is 0 Å². The number of aryl methyl sites for hydroxylation is 1. The molecule has 1 aliphatic rings. The Labute approximate surface area is 191 Å². The van der Waals surface area contributed by atoms with Crippen molar-refractivity contribution in [3.05, 3.63) is 33.7 Å². The Morgan fingerprint density at radius 3 is 2.83 bits per heavy atom. The van der Waals surface area contributed by atoms with Gasteiger partial charge in [-0.2, -0.15) is 0 Å². The third-order valence-corrected chi connectivity index (χ3v) is 6.42. The second-order valence-corrected chi connectivity index (χ2v) is 9.04. The predicted octanol–water partition coefficient (Wildman–Crippen LogP) is 3.18. The van der Waals surface area contributed by atoms with Crippen molar-refractivity contribution in [2.75, 3.05) is 32.0 Å². The normalized spacial score (nSPS) is 15.0. The molecule has 1 saturated heterocycles. The maximum absolute atomic E-state index is 12.1. The van der Waals surface area contributed by atoms with Crippen LogP contribution in [0.4, 0.5) is 5.13 Å². The molecule has 2 amide bonds. The summed E-state index contributed by atoms with van der Waals surface area (Å²) in [5, 5.41) is 11.6. The van der Waals surface area contributed by atoms with Crippen LogP contribution in [0.1, 0.15) is 10.6 Å². The fourth-order valence-corrected chi connectivity index (χ4v) is 4.60. The van der Waals surface area contributed by atoms with Crippen LogP contribution in [0.3, 0.4) is 0 Å². The van der Waals surface area contributed by atoms with Crippen LogP contribution in [-0.2, 0) is 16.0 Å². The Hall–Kier alpha value is -2.21. The first-order valence-electron chi connectivity index (χ1n) is 8.62. The first kappa shape index (κ1) is 22.5. The molecule has 2 aromatic rings. The molecule has 1 aliphatic heterocycles. The van der Waals surface area contributed by atoms with Crippen LogP contribution in [0.15, 0.2) is 23.1 Å². The van der Waals surface area contributed by atoms with Crippen LogP contribution in [0.5, 0.6) is 11.5 Å². The summed E-state index contributed by atoms with van der Waals surface area (Å²) < 4.78 is 11.4. The average molecular weight is 485 g/mol. The number of ether oxygens (including phenoxy) is 2.